The van der Waals surface area contributed by atoms with Crippen LogP contribution in [0, 0.1) is 0 Å². The highest BCUT2D eigenvalue weighted by atomic mass is 32.1. The van der Waals surface area contributed by atoms with E-state index in [0.717, 1.165) is 16.5 Å². The lowest BCUT2D eigenvalue weighted by Crippen LogP contribution is -2.46. The SMILES string of the molecule is CC(=O)c1ccc(NC(=O)O[C@@H]2CO[C@H]3[C@@H]2OC[C@@H]3NC(=S)Nc2cccc3ccccc23)cc1. The molecule has 35 heavy (non-hydrogen) atoms. The summed E-state index contributed by atoms with van der Waals surface area (Å²) < 4.78 is 17.4. The van der Waals surface area contributed by atoms with Crippen molar-refractivity contribution in [2.24, 2.45) is 0 Å². The molecule has 1 amide bonds. The molecule has 2 aliphatic rings. The molecule has 0 aliphatic carbocycles. The van der Waals surface area contributed by atoms with Crippen LogP contribution in [0.15, 0.2) is 66.7 Å². The van der Waals surface area contributed by atoms with Crippen LogP contribution in [-0.4, -0.2) is 54.6 Å². The van der Waals surface area contributed by atoms with Crippen molar-refractivity contribution in [1.29, 1.82) is 0 Å². The molecule has 4 atom stereocenters. The molecule has 0 bridgehead atoms. The third-order valence-electron chi connectivity index (χ3n) is 6.16. The maximum Gasteiger partial charge on any atom is 0.412 e. The van der Waals surface area contributed by atoms with Gasteiger partial charge in [0.05, 0.1) is 19.3 Å². The average Bonchev–Trinajstić information content (AvgIpc) is 3.43. The monoisotopic (exact) mass is 491 g/mol. The van der Waals surface area contributed by atoms with E-state index in [-0.39, 0.29) is 24.5 Å². The van der Waals surface area contributed by atoms with Gasteiger partial charge in [0.15, 0.2) is 17.0 Å². The third kappa shape index (κ3) is 5.12. The predicted octanol–water partition coefficient (Wildman–Crippen LogP) is 4.11. The van der Waals surface area contributed by atoms with Gasteiger partial charge in [0.2, 0.25) is 0 Å². The minimum atomic E-state index is -0.608. The number of ether oxygens (including phenoxy) is 3. The van der Waals surface area contributed by atoms with Crippen LogP contribution in [0.2, 0.25) is 0 Å². The summed E-state index contributed by atoms with van der Waals surface area (Å²) >= 11 is 5.54. The molecule has 0 spiro atoms. The third-order valence-corrected chi connectivity index (χ3v) is 6.38. The summed E-state index contributed by atoms with van der Waals surface area (Å²) in [4.78, 5) is 23.8. The van der Waals surface area contributed by atoms with Crippen molar-refractivity contribution in [2.75, 3.05) is 23.8 Å². The van der Waals surface area contributed by atoms with Crippen LogP contribution in [-0.2, 0) is 14.2 Å². The van der Waals surface area contributed by atoms with E-state index in [1.807, 2.05) is 30.3 Å². The summed E-state index contributed by atoms with van der Waals surface area (Å²) in [5.41, 5.74) is 2.02. The number of carbonyl (C=O) groups excluding carboxylic acids is 2. The first-order valence-corrected chi connectivity index (χ1v) is 11.8. The lowest BCUT2D eigenvalue weighted by Gasteiger charge is -2.20. The largest absolute Gasteiger partial charge is 0.441 e. The summed E-state index contributed by atoms with van der Waals surface area (Å²) in [6, 6.07) is 20.5. The smallest absolute Gasteiger partial charge is 0.412 e. The topological polar surface area (TPSA) is 97.9 Å². The number of fused-ring (bicyclic) bond motifs is 2. The van der Waals surface area contributed by atoms with Gasteiger partial charge in [0, 0.05) is 22.3 Å². The van der Waals surface area contributed by atoms with Gasteiger partial charge in [-0.25, -0.2) is 4.79 Å². The molecule has 5 rings (SSSR count). The molecule has 9 heteroatoms. The Morgan fingerprint density at radius 3 is 2.46 bits per heavy atom. The van der Waals surface area contributed by atoms with E-state index < -0.39 is 18.3 Å². The Kier molecular flexibility index (Phi) is 6.63. The van der Waals surface area contributed by atoms with E-state index in [1.165, 1.54) is 6.92 Å². The number of hydrogen-bond acceptors (Lipinski definition) is 6. The maximum atomic E-state index is 12.4. The quantitative estimate of drug-likeness (QED) is 0.362. The number of rotatable bonds is 5. The molecule has 0 saturated carbocycles. The number of carbonyl (C=O) groups is 2. The predicted molar refractivity (Wildman–Crippen MR) is 137 cm³/mol. The van der Waals surface area contributed by atoms with Gasteiger partial charge >= 0.3 is 6.09 Å². The van der Waals surface area contributed by atoms with Gasteiger partial charge in [-0.15, -0.1) is 0 Å². The Balaban J connectivity index is 1.15. The van der Waals surface area contributed by atoms with Crippen LogP contribution in [0.5, 0.6) is 0 Å². The summed E-state index contributed by atoms with van der Waals surface area (Å²) in [6.45, 7) is 2.09. The summed E-state index contributed by atoms with van der Waals surface area (Å²) in [5, 5.41) is 11.9. The van der Waals surface area contributed by atoms with E-state index in [9.17, 15) is 9.59 Å². The highest BCUT2D eigenvalue weighted by Gasteiger charge is 2.49. The van der Waals surface area contributed by atoms with Gasteiger partial charge in [-0.1, -0.05) is 36.4 Å². The van der Waals surface area contributed by atoms with Gasteiger partial charge in [0.1, 0.15) is 12.2 Å². The molecule has 8 nitrogen and oxygen atoms in total. The number of ketones is 1. The van der Waals surface area contributed by atoms with Crippen LogP contribution in [0.25, 0.3) is 10.8 Å². The Morgan fingerprint density at radius 2 is 1.66 bits per heavy atom. The van der Waals surface area contributed by atoms with Gasteiger partial charge < -0.3 is 24.8 Å². The summed E-state index contributed by atoms with van der Waals surface area (Å²) in [5.74, 6) is -0.0402. The molecule has 2 fully saturated rings. The molecule has 0 unspecified atom stereocenters. The van der Waals surface area contributed by atoms with Crippen LogP contribution >= 0.6 is 12.2 Å². The van der Waals surface area contributed by atoms with Crippen LogP contribution in [0.3, 0.4) is 0 Å². The molecule has 2 heterocycles. The van der Waals surface area contributed by atoms with Crippen LogP contribution in [0.1, 0.15) is 17.3 Å². The Morgan fingerprint density at radius 1 is 0.914 bits per heavy atom. The number of thiocarbonyl (C=S) groups is 1. The number of benzene rings is 3. The van der Waals surface area contributed by atoms with Crippen molar-refractivity contribution in [2.45, 2.75) is 31.3 Å². The highest BCUT2D eigenvalue weighted by molar-refractivity contribution is 7.80. The van der Waals surface area contributed by atoms with Gasteiger partial charge in [0.25, 0.3) is 0 Å². The number of Topliss-reactive ketones (excluding diaryl/α,β-unsaturated/α-hetero) is 1. The molecule has 2 aliphatic heterocycles. The molecule has 3 N–H and O–H groups in total. The maximum absolute atomic E-state index is 12.4. The molecular formula is C26H25N3O5S. The van der Waals surface area contributed by atoms with E-state index >= 15 is 0 Å². The fourth-order valence-corrected chi connectivity index (χ4v) is 4.68. The second-order valence-corrected chi connectivity index (χ2v) is 8.94. The lowest BCUT2D eigenvalue weighted by molar-refractivity contribution is 0.00880. The minimum Gasteiger partial charge on any atom is -0.441 e. The second kappa shape index (κ2) is 9.99. The van der Waals surface area contributed by atoms with Crippen molar-refractivity contribution in [3.8, 4) is 0 Å². The molecule has 2 saturated heterocycles. The molecule has 3 aromatic carbocycles. The fraction of sp³-hybridized carbons (Fsp3) is 0.269. The highest BCUT2D eigenvalue weighted by Crippen LogP contribution is 2.30. The van der Waals surface area contributed by atoms with Crippen molar-refractivity contribution in [3.05, 3.63) is 72.3 Å². The van der Waals surface area contributed by atoms with Gasteiger partial charge in [-0.2, -0.15) is 0 Å². The molecule has 0 radical (unpaired) electrons. The second-order valence-electron chi connectivity index (χ2n) is 8.53. The van der Waals surface area contributed by atoms with Crippen LogP contribution < -0.4 is 16.0 Å². The zero-order valence-corrected chi connectivity index (χ0v) is 19.8. The van der Waals surface area contributed by atoms with E-state index in [1.54, 1.807) is 24.3 Å². The standard InChI is InChI=1S/C26H25N3O5S/c1-15(30)16-9-11-18(12-10-16)27-26(31)34-22-14-33-23-21(13-32-24(22)23)29-25(35)28-20-8-4-6-17-5-2-3-7-19(17)20/h2-12,21-24H,13-14H2,1H3,(H,27,31)(H2,28,29,35)/t21-,22+,23+,24+/m0/s1. The molecule has 0 aromatic heterocycles. The van der Waals surface area contributed by atoms with Gasteiger partial charge in [-0.05, 0) is 54.9 Å². The molecule has 180 valence electrons. The molecular weight excluding hydrogens is 466 g/mol. The fourth-order valence-electron chi connectivity index (χ4n) is 4.42. The van der Waals surface area contributed by atoms with Crippen molar-refractivity contribution < 1.29 is 23.8 Å². The Labute approximate surface area is 207 Å². The Bertz CT molecular complexity index is 1260. The van der Waals surface area contributed by atoms with E-state index in [0.29, 0.717) is 23.0 Å². The number of nitrogens with one attached hydrogen (secondary N) is 3. The van der Waals surface area contributed by atoms with E-state index in [4.69, 9.17) is 26.4 Å². The lowest BCUT2D eigenvalue weighted by atomic mass is 10.1. The zero-order chi connectivity index (χ0) is 24.4. The average molecular weight is 492 g/mol. The first-order valence-electron chi connectivity index (χ1n) is 11.3. The normalized spacial score (nSPS) is 22.9. The van der Waals surface area contributed by atoms with Gasteiger partial charge in [-0.3, -0.25) is 10.1 Å². The first-order chi connectivity index (χ1) is 17.0. The van der Waals surface area contributed by atoms with Crippen molar-refractivity contribution >= 4 is 51.4 Å². The van der Waals surface area contributed by atoms with Crippen molar-refractivity contribution in [1.82, 2.24) is 5.32 Å². The number of amides is 1. The summed E-state index contributed by atoms with van der Waals surface area (Å²) in [7, 11) is 0. The first kappa shape index (κ1) is 23.2. The number of hydrogen-bond donors (Lipinski definition) is 3. The zero-order valence-electron chi connectivity index (χ0n) is 19.0. The summed E-state index contributed by atoms with van der Waals surface area (Å²) in [6.07, 6.45) is -1.83. The van der Waals surface area contributed by atoms with Crippen molar-refractivity contribution in [3.63, 3.8) is 0 Å². The minimum absolute atomic E-state index is 0.0402. The van der Waals surface area contributed by atoms with E-state index in [2.05, 4.69) is 28.1 Å². The molecule has 3 aromatic rings. The Hall–Kier alpha value is -3.53. The number of anilines is 2. The van der Waals surface area contributed by atoms with Crippen LogP contribution in [0.4, 0.5) is 16.2 Å².